The van der Waals surface area contributed by atoms with Crippen molar-refractivity contribution < 1.29 is 19.1 Å². The Bertz CT molecular complexity index is 1080. The number of hydrogen-bond acceptors (Lipinski definition) is 4. The molecule has 3 rings (SSSR count). The Labute approximate surface area is 200 Å². The third kappa shape index (κ3) is 7.89. The van der Waals surface area contributed by atoms with Gasteiger partial charge in [0.2, 0.25) is 5.91 Å². The molecule has 176 valence electrons. The van der Waals surface area contributed by atoms with Gasteiger partial charge < -0.3 is 15.0 Å². The van der Waals surface area contributed by atoms with Crippen LogP contribution >= 0.6 is 0 Å². The van der Waals surface area contributed by atoms with Crippen molar-refractivity contribution in [2.45, 2.75) is 32.1 Å². The Morgan fingerprint density at radius 1 is 0.824 bits per heavy atom. The van der Waals surface area contributed by atoms with Crippen molar-refractivity contribution in [3.8, 4) is 0 Å². The number of para-hydroxylation sites is 1. The zero-order valence-corrected chi connectivity index (χ0v) is 19.4. The van der Waals surface area contributed by atoms with E-state index in [9.17, 15) is 14.4 Å². The van der Waals surface area contributed by atoms with Gasteiger partial charge in [-0.1, -0.05) is 54.6 Å². The number of aryl methyl sites for hydroxylation is 1. The lowest BCUT2D eigenvalue weighted by Crippen LogP contribution is -2.26. The zero-order chi connectivity index (χ0) is 24.2. The lowest BCUT2D eigenvalue weighted by Gasteiger charge is -2.17. The summed E-state index contributed by atoms with van der Waals surface area (Å²) in [5, 5.41) is 2.80. The molecule has 0 aliphatic rings. The highest BCUT2D eigenvalue weighted by Crippen LogP contribution is 2.18. The van der Waals surface area contributed by atoms with E-state index in [-0.39, 0.29) is 30.6 Å². The number of benzene rings is 3. The van der Waals surface area contributed by atoms with Crippen molar-refractivity contribution in [3.63, 3.8) is 0 Å². The molecule has 2 amide bonds. The average Bonchev–Trinajstić information content (AvgIpc) is 2.87. The molecular formula is C28H30N2O4. The van der Waals surface area contributed by atoms with E-state index in [1.165, 1.54) is 5.56 Å². The highest BCUT2D eigenvalue weighted by Gasteiger charge is 2.14. The molecule has 3 aromatic carbocycles. The quantitative estimate of drug-likeness (QED) is 0.315. The minimum Gasteiger partial charge on any atom is -0.466 e. The van der Waals surface area contributed by atoms with Gasteiger partial charge in [-0.15, -0.1) is 0 Å². The Morgan fingerprint density at radius 3 is 2.26 bits per heavy atom. The van der Waals surface area contributed by atoms with E-state index in [4.69, 9.17) is 4.74 Å². The topological polar surface area (TPSA) is 75.7 Å². The number of nitrogens with zero attached hydrogens (tertiary/aromatic N) is 1. The fraction of sp³-hybridized carbons (Fsp3) is 0.250. The van der Waals surface area contributed by atoms with Crippen LogP contribution in [0.1, 0.15) is 41.6 Å². The Kier molecular flexibility index (Phi) is 9.40. The van der Waals surface area contributed by atoms with Gasteiger partial charge in [0, 0.05) is 36.8 Å². The summed E-state index contributed by atoms with van der Waals surface area (Å²) in [5.74, 6) is -0.674. The second-order valence-electron chi connectivity index (χ2n) is 7.99. The molecule has 0 unspecified atom stereocenters. The molecule has 0 fully saturated rings. The van der Waals surface area contributed by atoms with Crippen LogP contribution in [0.3, 0.4) is 0 Å². The highest BCUT2D eigenvalue weighted by atomic mass is 16.5. The van der Waals surface area contributed by atoms with Gasteiger partial charge in [-0.3, -0.25) is 14.4 Å². The first-order chi connectivity index (χ1) is 16.5. The summed E-state index contributed by atoms with van der Waals surface area (Å²) in [4.78, 5) is 38.5. The van der Waals surface area contributed by atoms with E-state index in [0.29, 0.717) is 24.3 Å². The van der Waals surface area contributed by atoms with Crippen molar-refractivity contribution in [2.75, 3.05) is 23.9 Å². The summed E-state index contributed by atoms with van der Waals surface area (Å²) >= 11 is 0. The summed E-state index contributed by atoms with van der Waals surface area (Å²) in [5.41, 5.74) is 3.02. The number of carbonyl (C=O) groups is 3. The highest BCUT2D eigenvalue weighted by molar-refractivity contribution is 6.06. The van der Waals surface area contributed by atoms with Crippen LogP contribution in [0.5, 0.6) is 0 Å². The van der Waals surface area contributed by atoms with Crippen LogP contribution < -0.4 is 10.2 Å². The summed E-state index contributed by atoms with van der Waals surface area (Å²) in [6.45, 7) is 0.373. The molecule has 6 heteroatoms. The zero-order valence-electron chi connectivity index (χ0n) is 19.4. The van der Waals surface area contributed by atoms with E-state index in [1.807, 2.05) is 60.7 Å². The number of ether oxygens (including phenoxy) is 1. The van der Waals surface area contributed by atoms with Crippen LogP contribution in [0.2, 0.25) is 0 Å². The van der Waals surface area contributed by atoms with Gasteiger partial charge in [0.1, 0.15) is 0 Å². The van der Waals surface area contributed by atoms with E-state index in [0.717, 1.165) is 18.5 Å². The molecule has 0 spiro atoms. The standard InChI is InChI=1S/C28H30N2O4/c1-30(25-16-6-3-7-17-25)28(33)23-14-8-15-24(21-23)29-26(31)18-9-19-27(32)34-20-10-13-22-11-4-2-5-12-22/h2-8,11-12,14-17,21H,9-10,13,18-20H2,1H3,(H,29,31). The molecule has 0 bridgehead atoms. The monoisotopic (exact) mass is 458 g/mol. The predicted molar refractivity (Wildman–Crippen MR) is 134 cm³/mol. The van der Waals surface area contributed by atoms with Crippen molar-refractivity contribution in [3.05, 3.63) is 96.1 Å². The number of esters is 1. The first-order valence-electron chi connectivity index (χ1n) is 11.5. The summed E-state index contributed by atoms with van der Waals surface area (Å²) in [7, 11) is 1.71. The van der Waals surface area contributed by atoms with Crippen LogP contribution in [-0.2, 0) is 20.7 Å². The number of rotatable bonds is 11. The van der Waals surface area contributed by atoms with Crippen molar-refractivity contribution >= 4 is 29.2 Å². The maximum atomic E-state index is 12.8. The smallest absolute Gasteiger partial charge is 0.305 e. The van der Waals surface area contributed by atoms with Gasteiger partial charge in [-0.25, -0.2) is 0 Å². The summed E-state index contributed by atoms with van der Waals surface area (Å²) < 4.78 is 5.25. The van der Waals surface area contributed by atoms with E-state index < -0.39 is 0 Å². The molecule has 0 saturated heterocycles. The average molecular weight is 459 g/mol. The second kappa shape index (κ2) is 12.9. The molecule has 0 heterocycles. The molecule has 0 aliphatic carbocycles. The number of nitrogens with one attached hydrogen (secondary N) is 1. The van der Waals surface area contributed by atoms with E-state index in [2.05, 4.69) is 5.32 Å². The number of amides is 2. The lowest BCUT2D eigenvalue weighted by atomic mass is 10.1. The fourth-order valence-electron chi connectivity index (χ4n) is 3.49. The van der Waals surface area contributed by atoms with Gasteiger partial charge in [0.05, 0.1) is 6.61 Å². The first kappa shape index (κ1) is 24.7. The number of carbonyl (C=O) groups excluding carboxylic acids is 3. The summed E-state index contributed by atoms with van der Waals surface area (Å²) in [6, 6.07) is 26.2. The molecule has 34 heavy (non-hydrogen) atoms. The van der Waals surface area contributed by atoms with Crippen molar-refractivity contribution in [1.82, 2.24) is 0 Å². The Balaban J connectivity index is 1.37. The largest absolute Gasteiger partial charge is 0.466 e. The minimum atomic E-state index is -0.294. The van der Waals surface area contributed by atoms with Gasteiger partial charge in [0.25, 0.3) is 5.91 Å². The van der Waals surface area contributed by atoms with Crippen molar-refractivity contribution in [2.24, 2.45) is 0 Å². The first-order valence-corrected chi connectivity index (χ1v) is 11.5. The summed E-state index contributed by atoms with van der Waals surface area (Å²) in [6.07, 6.45) is 2.42. The SMILES string of the molecule is CN(C(=O)c1cccc(NC(=O)CCCC(=O)OCCCc2ccccc2)c1)c1ccccc1. The second-order valence-corrected chi connectivity index (χ2v) is 7.99. The molecule has 1 N–H and O–H groups in total. The van der Waals surface area contributed by atoms with Crippen LogP contribution in [0, 0.1) is 0 Å². The maximum absolute atomic E-state index is 12.8. The molecule has 3 aromatic rings. The van der Waals surface area contributed by atoms with E-state index in [1.54, 1.807) is 36.2 Å². The third-order valence-corrected chi connectivity index (χ3v) is 5.34. The predicted octanol–water partition coefficient (Wildman–Crippen LogP) is 5.25. The molecule has 6 nitrogen and oxygen atoms in total. The van der Waals surface area contributed by atoms with Crippen LogP contribution in [0.15, 0.2) is 84.9 Å². The number of anilines is 2. The molecule has 0 atom stereocenters. The van der Waals surface area contributed by atoms with Crippen molar-refractivity contribution in [1.29, 1.82) is 0 Å². The van der Waals surface area contributed by atoms with Gasteiger partial charge >= 0.3 is 5.97 Å². The van der Waals surface area contributed by atoms with Crippen LogP contribution in [-0.4, -0.2) is 31.4 Å². The van der Waals surface area contributed by atoms with Gasteiger partial charge in [0.15, 0.2) is 0 Å². The number of hydrogen-bond donors (Lipinski definition) is 1. The minimum absolute atomic E-state index is 0.169. The normalized spacial score (nSPS) is 10.4. The molecule has 0 radical (unpaired) electrons. The molecular weight excluding hydrogens is 428 g/mol. The van der Waals surface area contributed by atoms with E-state index >= 15 is 0 Å². The Hall–Kier alpha value is -3.93. The fourth-order valence-corrected chi connectivity index (χ4v) is 3.49. The van der Waals surface area contributed by atoms with Crippen LogP contribution in [0.25, 0.3) is 0 Å². The molecule has 0 saturated carbocycles. The van der Waals surface area contributed by atoms with Gasteiger partial charge in [-0.2, -0.15) is 0 Å². The molecule has 0 aliphatic heterocycles. The lowest BCUT2D eigenvalue weighted by molar-refractivity contribution is -0.143. The van der Waals surface area contributed by atoms with Crippen LogP contribution in [0.4, 0.5) is 11.4 Å². The third-order valence-electron chi connectivity index (χ3n) is 5.34. The maximum Gasteiger partial charge on any atom is 0.305 e. The molecule has 0 aromatic heterocycles. The Morgan fingerprint density at radius 2 is 1.53 bits per heavy atom. The van der Waals surface area contributed by atoms with Gasteiger partial charge in [-0.05, 0) is 55.2 Å².